The van der Waals surface area contributed by atoms with Gasteiger partial charge >= 0.3 is 0 Å². The maximum absolute atomic E-state index is 12.7. The molecular formula is C26H28N4O2S2. The van der Waals surface area contributed by atoms with E-state index < -0.39 is 0 Å². The summed E-state index contributed by atoms with van der Waals surface area (Å²) in [6, 6.07) is 7.41. The molecule has 0 saturated heterocycles. The summed E-state index contributed by atoms with van der Waals surface area (Å²) < 4.78 is 6.35. The summed E-state index contributed by atoms with van der Waals surface area (Å²) in [6.07, 6.45) is 7.24. The number of methoxy groups -OCH3 is 1. The van der Waals surface area contributed by atoms with Gasteiger partial charge in [-0.2, -0.15) is 0 Å². The molecule has 1 aliphatic carbocycles. The Morgan fingerprint density at radius 1 is 1.18 bits per heavy atom. The summed E-state index contributed by atoms with van der Waals surface area (Å²) in [5.74, 6) is 1.36. The normalized spacial score (nSPS) is 13.4. The number of nitrogens with zero attached hydrogens (tertiary/aromatic N) is 3. The molecule has 0 saturated carbocycles. The van der Waals surface area contributed by atoms with E-state index in [9.17, 15) is 4.79 Å². The SMILES string of the molecule is COc1ccccc1NC(=O)CSc1ncnc2c1sc1nc(CC(C)C)c3c(c12)CCCC3. The van der Waals surface area contributed by atoms with E-state index in [0.29, 0.717) is 17.4 Å². The standard InChI is InChI=1S/C26H28N4O2S2/c1-15(2)12-19-16-8-4-5-9-17(16)22-23-24(34-25(22)30-19)26(28-14-27-23)33-13-21(31)29-18-10-6-7-11-20(18)32-3/h6-7,10-11,14-15H,4-5,8-9,12-13H2,1-3H3,(H,29,31). The van der Waals surface area contributed by atoms with Crippen molar-refractivity contribution in [3.05, 3.63) is 47.4 Å². The van der Waals surface area contributed by atoms with E-state index in [-0.39, 0.29) is 11.7 Å². The summed E-state index contributed by atoms with van der Waals surface area (Å²) in [5, 5.41) is 4.97. The van der Waals surface area contributed by atoms with Crippen LogP contribution in [-0.4, -0.2) is 33.7 Å². The minimum atomic E-state index is -0.0999. The lowest BCUT2D eigenvalue weighted by Gasteiger charge is -2.20. The van der Waals surface area contributed by atoms with Gasteiger partial charge in [-0.25, -0.2) is 15.0 Å². The summed E-state index contributed by atoms with van der Waals surface area (Å²) in [6.45, 7) is 4.50. The number of hydrogen-bond acceptors (Lipinski definition) is 7. The van der Waals surface area contributed by atoms with Crippen molar-refractivity contribution in [1.82, 2.24) is 15.0 Å². The molecule has 0 atom stereocenters. The number of amides is 1. The van der Waals surface area contributed by atoms with Crippen LogP contribution in [0.2, 0.25) is 0 Å². The van der Waals surface area contributed by atoms with Crippen LogP contribution in [0.1, 0.15) is 43.5 Å². The van der Waals surface area contributed by atoms with Crippen LogP contribution in [0.25, 0.3) is 20.4 Å². The number of anilines is 1. The quantitative estimate of drug-likeness (QED) is 0.250. The number of carbonyl (C=O) groups is 1. The fraction of sp³-hybridized carbons (Fsp3) is 0.385. The summed E-state index contributed by atoms with van der Waals surface area (Å²) >= 11 is 3.09. The third kappa shape index (κ3) is 4.49. The number of ether oxygens (including phenoxy) is 1. The Balaban J connectivity index is 1.46. The monoisotopic (exact) mass is 492 g/mol. The zero-order valence-corrected chi connectivity index (χ0v) is 21.3. The van der Waals surface area contributed by atoms with Crippen LogP contribution >= 0.6 is 23.1 Å². The van der Waals surface area contributed by atoms with Crippen LogP contribution in [0.4, 0.5) is 5.69 Å². The van der Waals surface area contributed by atoms with Gasteiger partial charge in [-0.05, 0) is 61.3 Å². The zero-order chi connectivity index (χ0) is 23.7. The van der Waals surface area contributed by atoms with Crippen molar-refractivity contribution in [3.63, 3.8) is 0 Å². The Labute approximate surface area is 207 Å². The van der Waals surface area contributed by atoms with Crippen LogP contribution in [0.5, 0.6) is 5.75 Å². The smallest absolute Gasteiger partial charge is 0.234 e. The Morgan fingerprint density at radius 2 is 1.97 bits per heavy atom. The summed E-state index contributed by atoms with van der Waals surface area (Å²) in [5.41, 5.74) is 5.77. The van der Waals surface area contributed by atoms with Gasteiger partial charge in [0.2, 0.25) is 5.91 Å². The lowest BCUT2D eigenvalue weighted by atomic mass is 9.87. The second-order valence-electron chi connectivity index (χ2n) is 9.00. The van der Waals surface area contributed by atoms with Gasteiger partial charge in [0.25, 0.3) is 0 Å². The number of para-hydroxylation sites is 2. The number of pyridine rings is 1. The van der Waals surface area contributed by atoms with Crippen molar-refractivity contribution < 1.29 is 9.53 Å². The molecule has 0 unspecified atom stereocenters. The van der Waals surface area contributed by atoms with E-state index in [1.807, 2.05) is 24.3 Å². The van der Waals surface area contributed by atoms with E-state index >= 15 is 0 Å². The second-order valence-corrected chi connectivity index (χ2v) is 11.0. The van der Waals surface area contributed by atoms with Crippen molar-refractivity contribution >= 4 is 55.1 Å². The minimum Gasteiger partial charge on any atom is -0.495 e. The third-order valence-corrected chi connectivity index (χ3v) is 8.30. The molecule has 3 aromatic heterocycles. The highest BCUT2D eigenvalue weighted by atomic mass is 32.2. The van der Waals surface area contributed by atoms with Crippen molar-refractivity contribution in [1.29, 1.82) is 0 Å². The molecule has 5 rings (SSSR count). The number of rotatable bonds is 7. The van der Waals surface area contributed by atoms with E-state index in [2.05, 4.69) is 29.1 Å². The molecule has 34 heavy (non-hydrogen) atoms. The van der Waals surface area contributed by atoms with Crippen LogP contribution in [0, 0.1) is 5.92 Å². The zero-order valence-electron chi connectivity index (χ0n) is 19.7. The lowest BCUT2D eigenvalue weighted by Crippen LogP contribution is -2.14. The van der Waals surface area contributed by atoms with E-state index in [1.54, 1.807) is 24.8 Å². The first kappa shape index (κ1) is 23.1. The molecule has 1 amide bonds. The molecule has 1 N–H and O–H groups in total. The fourth-order valence-electron chi connectivity index (χ4n) is 4.64. The van der Waals surface area contributed by atoms with Crippen LogP contribution in [0.15, 0.2) is 35.6 Å². The number of thiophene rings is 1. The molecule has 0 bridgehead atoms. The molecule has 0 aliphatic heterocycles. The van der Waals surface area contributed by atoms with E-state index in [4.69, 9.17) is 9.72 Å². The van der Waals surface area contributed by atoms with Crippen molar-refractivity contribution in [2.75, 3.05) is 18.2 Å². The summed E-state index contributed by atoms with van der Waals surface area (Å²) in [4.78, 5) is 28.0. The molecular weight excluding hydrogens is 464 g/mol. The Morgan fingerprint density at radius 3 is 2.76 bits per heavy atom. The average molecular weight is 493 g/mol. The van der Waals surface area contributed by atoms with Crippen molar-refractivity contribution in [3.8, 4) is 5.75 Å². The van der Waals surface area contributed by atoms with Gasteiger partial charge in [0.1, 0.15) is 21.9 Å². The average Bonchev–Trinajstić information content (AvgIpc) is 3.22. The first-order valence-corrected chi connectivity index (χ1v) is 13.5. The predicted molar refractivity (Wildman–Crippen MR) is 140 cm³/mol. The van der Waals surface area contributed by atoms with Gasteiger partial charge in [0.15, 0.2) is 0 Å². The topological polar surface area (TPSA) is 77.0 Å². The molecule has 8 heteroatoms. The first-order valence-electron chi connectivity index (χ1n) is 11.7. The number of carbonyl (C=O) groups excluding carboxylic acids is 1. The predicted octanol–water partition coefficient (Wildman–Crippen LogP) is 6.06. The van der Waals surface area contributed by atoms with Gasteiger partial charge < -0.3 is 10.1 Å². The number of aromatic nitrogens is 3. The molecule has 3 heterocycles. The maximum Gasteiger partial charge on any atom is 0.234 e. The maximum atomic E-state index is 12.7. The van der Waals surface area contributed by atoms with Gasteiger partial charge in [-0.1, -0.05) is 37.7 Å². The molecule has 6 nitrogen and oxygen atoms in total. The highest BCUT2D eigenvalue weighted by molar-refractivity contribution is 8.00. The van der Waals surface area contributed by atoms with Crippen LogP contribution in [-0.2, 0) is 24.1 Å². The van der Waals surface area contributed by atoms with Gasteiger partial charge in [0.05, 0.1) is 28.8 Å². The fourth-order valence-corrected chi connectivity index (χ4v) is 6.70. The molecule has 1 aromatic carbocycles. The number of aryl methyl sites for hydroxylation is 1. The largest absolute Gasteiger partial charge is 0.495 e. The number of fused-ring (bicyclic) bond motifs is 5. The number of hydrogen-bond donors (Lipinski definition) is 1. The number of thioether (sulfide) groups is 1. The molecule has 0 fully saturated rings. The lowest BCUT2D eigenvalue weighted by molar-refractivity contribution is -0.113. The highest BCUT2D eigenvalue weighted by Gasteiger charge is 2.23. The Kier molecular flexibility index (Phi) is 6.70. The Hall–Kier alpha value is -2.71. The van der Waals surface area contributed by atoms with Crippen LogP contribution < -0.4 is 10.1 Å². The van der Waals surface area contributed by atoms with E-state index in [1.165, 1.54) is 46.8 Å². The summed E-state index contributed by atoms with van der Waals surface area (Å²) in [7, 11) is 1.60. The van der Waals surface area contributed by atoms with Gasteiger partial charge in [0, 0.05) is 11.1 Å². The van der Waals surface area contributed by atoms with Crippen LogP contribution in [0.3, 0.4) is 0 Å². The molecule has 0 radical (unpaired) electrons. The first-order chi connectivity index (χ1) is 16.5. The third-order valence-electron chi connectivity index (χ3n) is 6.10. The second kappa shape index (κ2) is 9.88. The van der Waals surface area contributed by atoms with Gasteiger partial charge in [-0.15, -0.1) is 11.3 Å². The molecule has 1 aliphatic rings. The number of nitrogens with one attached hydrogen (secondary N) is 1. The Bertz CT molecular complexity index is 1370. The van der Waals surface area contributed by atoms with E-state index in [0.717, 1.165) is 39.3 Å². The van der Waals surface area contributed by atoms with Crippen molar-refractivity contribution in [2.45, 2.75) is 51.0 Å². The minimum absolute atomic E-state index is 0.0999. The molecule has 176 valence electrons. The van der Waals surface area contributed by atoms with Crippen molar-refractivity contribution in [2.24, 2.45) is 5.92 Å². The van der Waals surface area contributed by atoms with Gasteiger partial charge in [-0.3, -0.25) is 4.79 Å². The molecule has 0 spiro atoms. The highest BCUT2D eigenvalue weighted by Crippen LogP contribution is 2.41. The molecule has 4 aromatic rings. The number of benzene rings is 1.